The number of nitrogens with zero attached hydrogens (tertiary/aromatic N) is 1. The first-order valence-electron chi connectivity index (χ1n) is 8.71. The smallest absolute Gasteiger partial charge is 0.336 e. The van der Waals surface area contributed by atoms with E-state index in [1.54, 1.807) is 6.92 Å². The van der Waals surface area contributed by atoms with Crippen LogP contribution in [-0.4, -0.2) is 31.0 Å². The van der Waals surface area contributed by atoms with E-state index >= 15 is 0 Å². The van der Waals surface area contributed by atoms with Crippen molar-refractivity contribution in [2.75, 3.05) is 14.1 Å². The van der Waals surface area contributed by atoms with E-state index in [2.05, 4.69) is 10.1 Å². The third kappa shape index (κ3) is 3.23. The van der Waals surface area contributed by atoms with Crippen LogP contribution in [0.15, 0.2) is 46.8 Å². The Morgan fingerprint density at radius 3 is 2.24 bits per heavy atom. The summed E-state index contributed by atoms with van der Waals surface area (Å²) in [5, 5.41) is 14.3. The van der Waals surface area contributed by atoms with Crippen molar-refractivity contribution in [3.05, 3.63) is 62.5 Å². The van der Waals surface area contributed by atoms with E-state index in [9.17, 15) is 19.7 Å². The van der Waals surface area contributed by atoms with Crippen LogP contribution < -0.4 is 5.32 Å². The second-order valence-electron chi connectivity index (χ2n) is 5.33. The van der Waals surface area contributed by atoms with Crippen LogP contribution in [0.5, 0.6) is 0 Å². The van der Waals surface area contributed by atoms with Gasteiger partial charge in [0.15, 0.2) is 0 Å². The molecule has 1 N–H and O–H groups in total. The van der Waals surface area contributed by atoms with Crippen molar-refractivity contribution in [3.63, 3.8) is 0 Å². The number of carbonyl (C=O) groups is 2. The summed E-state index contributed by atoms with van der Waals surface area (Å²) in [5.74, 6) is -3.29. The van der Waals surface area contributed by atoms with Gasteiger partial charge in [0.05, 0.1) is 40.2 Å². The van der Waals surface area contributed by atoms with E-state index in [0.717, 1.165) is 7.11 Å². The first-order chi connectivity index (χ1) is 13.0. The average Bonchev–Trinajstić information content (AvgIpc) is 2.58. The normalized spacial score (nSPS) is 19.3. The molecule has 0 amide bonds. The molecule has 132 valence electrons. The summed E-state index contributed by atoms with van der Waals surface area (Å²) in [5.41, 5.74) is -0.0574. The van der Waals surface area contributed by atoms with Gasteiger partial charge in [-0.3, -0.25) is 10.1 Å². The second-order valence-corrected chi connectivity index (χ2v) is 5.33. The molecule has 8 nitrogen and oxygen atoms in total. The maximum Gasteiger partial charge on any atom is 0.336 e. The quantitative estimate of drug-likeness (QED) is 0.504. The van der Waals surface area contributed by atoms with Crippen molar-refractivity contribution in [1.82, 2.24) is 5.32 Å². The number of nitro benzene ring substituents is 1. The summed E-state index contributed by atoms with van der Waals surface area (Å²) in [6.07, 6.45) is 0. The van der Waals surface area contributed by atoms with Crippen molar-refractivity contribution in [2.24, 2.45) is 0 Å². The predicted molar refractivity (Wildman–Crippen MR) is 88.4 cm³/mol. The molecule has 0 bridgehead atoms. The van der Waals surface area contributed by atoms with E-state index in [0.29, 0.717) is 5.70 Å². The molecule has 0 radical (unpaired) electrons. The number of methoxy groups -OCH3 is 2. The standard InChI is InChI=1S/C17H18N2O6/c1-9-13(16(20)24-3)15(14(10(2)18-9)17(21)25-4)11-7-5-6-8-12(11)19(22)23/h5-8,15,18H,1-4H3/i3D3. The Hall–Kier alpha value is -3.16. The Bertz CT molecular complexity index is 904. The Morgan fingerprint density at radius 2 is 1.72 bits per heavy atom. The molecule has 0 aliphatic carbocycles. The number of esters is 2. The van der Waals surface area contributed by atoms with Crippen molar-refractivity contribution < 1.29 is 28.1 Å². The molecule has 1 aliphatic rings. The van der Waals surface area contributed by atoms with Gasteiger partial charge in [0.1, 0.15) is 0 Å². The minimum Gasteiger partial charge on any atom is -0.466 e. The molecule has 25 heavy (non-hydrogen) atoms. The molecule has 1 atom stereocenters. The van der Waals surface area contributed by atoms with Crippen LogP contribution in [0.2, 0.25) is 0 Å². The van der Waals surface area contributed by atoms with Crippen LogP contribution in [-0.2, 0) is 19.1 Å². The lowest BCUT2D eigenvalue weighted by Crippen LogP contribution is -2.32. The molecule has 0 saturated carbocycles. The highest BCUT2D eigenvalue weighted by Gasteiger charge is 2.40. The Balaban J connectivity index is 2.76. The molecule has 0 saturated heterocycles. The fourth-order valence-corrected chi connectivity index (χ4v) is 2.91. The summed E-state index contributed by atoms with van der Waals surface area (Å²) >= 11 is 0. The fraction of sp³-hybridized carbons (Fsp3) is 0.294. The number of nitro groups is 1. The molecule has 0 aromatic heterocycles. The SMILES string of the molecule is [2H]C([2H])([2H])OC(=O)C1=C(C)NC(C)=C(C(=O)OC)C1c1ccccc1[N+](=O)[O-]. The zero-order chi connectivity index (χ0) is 21.2. The molecule has 0 spiro atoms. The van der Waals surface area contributed by atoms with E-state index in [4.69, 9.17) is 8.85 Å². The van der Waals surface area contributed by atoms with Gasteiger partial charge in [-0.05, 0) is 13.8 Å². The summed E-state index contributed by atoms with van der Waals surface area (Å²) in [4.78, 5) is 35.9. The molecule has 1 heterocycles. The molecule has 1 unspecified atom stereocenters. The van der Waals surface area contributed by atoms with Crippen LogP contribution in [0.25, 0.3) is 0 Å². The minimum atomic E-state index is -3.03. The van der Waals surface area contributed by atoms with Gasteiger partial charge in [-0.25, -0.2) is 9.59 Å². The van der Waals surface area contributed by atoms with Gasteiger partial charge in [-0.2, -0.15) is 0 Å². The first-order valence-corrected chi connectivity index (χ1v) is 7.21. The molecule has 1 aliphatic heterocycles. The van der Waals surface area contributed by atoms with Crippen LogP contribution in [0.4, 0.5) is 5.69 Å². The summed E-state index contributed by atoms with van der Waals surface area (Å²) < 4.78 is 30.8. The van der Waals surface area contributed by atoms with Gasteiger partial charge in [0.25, 0.3) is 5.69 Å². The van der Waals surface area contributed by atoms with Crippen LogP contribution in [0.3, 0.4) is 0 Å². The van der Waals surface area contributed by atoms with Gasteiger partial charge in [-0.1, -0.05) is 18.2 Å². The summed E-state index contributed by atoms with van der Waals surface area (Å²) in [6, 6.07) is 5.56. The van der Waals surface area contributed by atoms with Gasteiger partial charge >= 0.3 is 11.9 Å². The number of dihydropyridines is 1. The van der Waals surface area contributed by atoms with Gasteiger partial charge in [-0.15, -0.1) is 0 Å². The van der Waals surface area contributed by atoms with E-state index in [1.807, 2.05) is 0 Å². The molecule has 8 heteroatoms. The van der Waals surface area contributed by atoms with Crippen LogP contribution in [0.1, 0.15) is 29.4 Å². The van der Waals surface area contributed by atoms with Crippen molar-refractivity contribution in [3.8, 4) is 0 Å². The fourth-order valence-electron chi connectivity index (χ4n) is 2.91. The Labute approximate surface area is 148 Å². The van der Waals surface area contributed by atoms with Gasteiger partial charge in [0, 0.05) is 23.0 Å². The number of hydrogen-bond donors (Lipinski definition) is 1. The molecule has 1 aromatic rings. The number of hydrogen-bond acceptors (Lipinski definition) is 7. The number of para-hydroxylation sites is 1. The monoisotopic (exact) mass is 349 g/mol. The molecular formula is C17H18N2O6. The lowest BCUT2D eigenvalue weighted by molar-refractivity contribution is -0.385. The molecule has 1 aromatic carbocycles. The summed E-state index contributed by atoms with van der Waals surface area (Å²) in [6.45, 7) is 3.03. The number of rotatable bonds is 4. The maximum atomic E-state index is 12.6. The largest absolute Gasteiger partial charge is 0.466 e. The second kappa shape index (κ2) is 7.16. The first kappa shape index (κ1) is 14.2. The van der Waals surface area contributed by atoms with E-state index < -0.39 is 29.8 Å². The minimum absolute atomic E-state index is 0.0330. The maximum absolute atomic E-state index is 12.6. The Morgan fingerprint density at radius 1 is 1.16 bits per heavy atom. The van der Waals surface area contributed by atoms with Crippen molar-refractivity contribution >= 4 is 17.6 Å². The highest BCUT2D eigenvalue weighted by Crippen LogP contribution is 2.42. The molecular weight excluding hydrogens is 328 g/mol. The number of benzene rings is 1. The average molecular weight is 349 g/mol. The number of allylic oxidation sites excluding steroid dienone is 2. The lowest BCUT2D eigenvalue weighted by Gasteiger charge is -2.29. The number of ether oxygens (including phenoxy) is 2. The highest BCUT2D eigenvalue weighted by molar-refractivity contribution is 6.00. The zero-order valence-electron chi connectivity index (χ0n) is 16.8. The zero-order valence-corrected chi connectivity index (χ0v) is 13.8. The lowest BCUT2D eigenvalue weighted by atomic mass is 9.79. The van der Waals surface area contributed by atoms with Crippen molar-refractivity contribution in [1.29, 1.82) is 0 Å². The van der Waals surface area contributed by atoms with E-state index in [-0.39, 0.29) is 28.1 Å². The van der Waals surface area contributed by atoms with E-state index in [1.165, 1.54) is 31.2 Å². The van der Waals surface area contributed by atoms with Crippen molar-refractivity contribution in [2.45, 2.75) is 19.8 Å². The number of carbonyl (C=O) groups excluding carboxylic acids is 2. The summed E-state index contributed by atoms with van der Waals surface area (Å²) in [7, 11) is -1.90. The predicted octanol–water partition coefficient (Wildman–Crippen LogP) is 2.18. The van der Waals surface area contributed by atoms with Crippen LogP contribution >= 0.6 is 0 Å². The van der Waals surface area contributed by atoms with Gasteiger partial charge in [0.2, 0.25) is 0 Å². The third-order valence-electron chi connectivity index (χ3n) is 3.92. The molecule has 2 rings (SSSR count). The third-order valence-corrected chi connectivity index (χ3v) is 3.92. The number of nitrogens with one attached hydrogen (secondary N) is 1. The van der Waals surface area contributed by atoms with Gasteiger partial charge < -0.3 is 14.8 Å². The Kier molecular flexibility index (Phi) is 4.07. The van der Waals surface area contributed by atoms with Crippen LogP contribution in [0, 0.1) is 10.1 Å². The topological polar surface area (TPSA) is 108 Å². The highest BCUT2D eigenvalue weighted by atomic mass is 16.6. The molecule has 0 fully saturated rings.